The Kier molecular flexibility index (Phi) is 6.36. The highest BCUT2D eigenvalue weighted by Crippen LogP contribution is 2.37. The van der Waals surface area contributed by atoms with E-state index in [0.717, 1.165) is 13.2 Å². The highest BCUT2D eigenvalue weighted by atomic mass is 28.4. The van der Waals surface area contributed by atoms with Crippen LogP contribution in [0.25, 0.3) is 0 Å². The predicted molar refractivity (Wildman–Crippen MR) is 135 cm³/mol. The first-order valence-electron chi connectivity index (χ1n) is 11.5. The molecule has 4 rings (SSSR count). The smallest absolute Gasteiger partial charge is 0.261 e. The van der Waals surface area contributed by atoms with Crippen LogP contribution < -0.4 is 15.3 Å². The molecule has 3 aromatic carbocycles. The van der Waals surface area contributed by atoms with Crippen molar-refractivity contribution in [3.05, 3.63) is 90.5 Å². The van der Waals surface area contributed by atoms with Crippen LogP contribution in [0.5, 0.6) is 0 Å². The van der Waals surface area contributed by atoms with Crippen molar-refractivity contribution in [2.75, 3.05) is 18.1 Å². The first-order chi connectivity index (χ1) is 14.9. The maximum absolute atomic E-state index is 7.22. The van der Waals surface area contributed by atoms with Gasteiger partial charge in [-0.2, -0.15) is 0 Å². The van der Waals surface area contributed by atoms with Crippen LogP contribution in [0, 0.1) is 6.92 Å². The number of aryl methyl sites for hydroxylation is 1. The molecule has 1 fully saturated rings. The Hall–Kier alpha value is -2.36. The Balaban J connectivity index is 1.69. The van der Waals surface area contributed by atoms with E-state index >= 15 is 0 Å². The van der Waals surface area contributed by atoms with Gasteiger partial charge in [-0.05, 0) is 47.3 Å². The fourth-order valence-electron chi connectivity index (χ4n) is 5.07. The quantitative estimate of drug-likeness (QED) is 0.477. The minimum Gasteiger partial charge on any atom is -0.405 e. The van der Waals surface area contributed by atoms with Gasteiger partial charge in [-0.25, -0.2) is 0 Å². The number of hydrogen-bond acceptors (Lipinski definition) is 2. The van der Waals surface area contributed by atoms with Crippen molar-refractivity contribution >= 4 is 24.4 Å². The highest BCUT2D eigenvalue weighted by molar-refractivity contribution is 6.99. The third kappa shape index (κ3) is 4.35. The van der Waals surface area contributed by atoms with Crippen LogP contribution in [0.15, 0.2) is 84.9 Å². The molecule has 0 radical (unpaired) electrons. The summed E-state index contributed by atoms with van der Waals surface area (Å²) in [5.74, 6) is 0. The lowest BCUT2D eigenvalue weighted by Gasteiger charge is -2.44. The zero-order chi connectivity index (χ0) is 21.9. The summed E-state index contributed by atoms with van der Waals surface area (Å²) >= 11 is 0. The van der Waals surface area contributed by atoms with Gasteiger partial charge in [0.2, 0.25) is 0 Å². The average molecular weight is 430 g/mol. The lowest BCUT2D eigenvalue weighted by Crippen LogP contribution is -2.67. The van der Waals surface area contributed by atoms with E-state index in [1.165, 1.54) is 34.5 Å². The Morgan fingerprint density at radius 1 is 0.839 bits per heavy atom. The van der Waals surface area contributed by atoms with E-state index in [0.29, 0.717) is 6.04 Å². The van der Waals surface area contributed by atoms with Crippen molar-refractivity contribution in [2.45, 2.75) is 51.6 Å². The van der Waals surface area contributed by atoms with Crippen LogP contribution in [0.2, 0.25) is 5.04 Å². The summed E-state index contributed by atoms with van der Waals surface area (Å²) in [6, 6.07) is 31.3. The summed E-state index contributed by atoms with van der Waals surface area (Å²) in [6.07, 6.45) is 2.41. The van der Waals surface area contributed by atoms with Crippen LogP contribution in [-0.4, -0.2) is 27.5 Å². The molecule has 31 heavy (non-hydrogen) atoms. The van der Waals surface area contributed by atoms with Gasteiger partial charge < -0.3 is 9.33 Å². The molecule has 0 unspecified atom stereocenters. The molecule has 1 aliphatic rings. The normalized spacial score (nSPS) is 17.2. The van der Waals surface area contributed by atoms with E-state index in [1.54, 1.807) is 0 Å². The van der Waals surface area contributed by atoms with E-state index in [2.05, 4.69) is 118 Å². The van der Waals surface area contributed by atoms with Gasteiger partial charge in [0.05, 0.1) is 12.6 Å². The Bertz CT molecular complexity index is 924. The first kappa shape index (κ1) is 21.9. The molecule has 1 heterocycles. The third-order valence-corrected chi connectivity index (χ3v) is 11.7. The molecule has 162 valence electrons. The summed E-state index contributed by atoms with van der Waals surface area (Å²) in [5, 5.41) is 2.73. The minimum absolute atomic E-state index is 0.0169. The van der Waals surface area contributed by atoms with Crippen LogP contribution in [-0.2, 0) is 4.43 Å². The van der Waals surface area contributed by atoms with Crippen molar-refractivity contribution in [2.24, 2.45) is 0 Å². The van der Waals surface area contributed by atoms with Crippen LogP contribution >= 0.6 is 0 Å². The monoisotopic (exact) mass is 429 g/mol. The number of benzene rings is 3. The first-order valence-corrected chi connectivity index (χ1v) is 13.4. The highest BCUT2D eigenvalue weighted by Gasteiger charge is 2.50. The molecule has 0 amide bonds. The molecule has 0 saturated carbocycles. The van der Waals surface area contributed by atoms with E-state index in [4.69, 9.17) is 4.43 Å². The molecular weight excluding hydrogens is 394 g/mol. The number of nitrogens with zero attached hydrogens (tertiary/aromatic N) is 1. The zero-order valence-electron chi connectivity index (χ0n) is 19.3. The summed E-state index contributed by atoms with van der Waals surface area (Å²) in [5.41, 5.74) is 2.63. The summed E-state index contributed by atoms with van der Waals surface area (Å²) in [7, 11) is -2.48. The average Bonchev–Trinajstić information content (AvgIpc) is 3.24. The van der Waals surface area contributed by atoms with Gasteiger partial charge in [-0.3, -0.25) is 0 Å². The second-order valence-electron chi connectivity index (χ2n) is 9.80. The molecule has 3 aromatic rings. The predicted octanol–water partition coefficient (Wildman–Crippen LogP) is 5.54. The van der Waals surface area contributed by atoms with E-state index in [9.17, 15) is 0 Å². The molecule has 0 aliphatic carbocycles. The largest absolute Gasteiger partial charge is 0.405 e. The molecule has 3 heteroatoms. The fraction of sp³-hybridized carbons (Fsp3) is 0.357. The SMILES string of the molecule is Cc1ccc(N2CCC[C@H]2CO[Si](c2ccccc2)(c2ccccc2)C(C)(C)C)cc1. The standard InChI is InChI=1S/C28H35NOSi/c1-23-17-19-24(20-18-23)29-21-11-12-25(29)22-30-31(28(2,3)4,26-13-7-5-8-14-26)27-15-9-6-10-16-27/h5-10,13-20,25H,11-12,21-22H2,1-4H3/t25-/m0/s1. The number of anilines is 1. The van der Waals surface area contributed by atoms with E-state index in [-0.39, 0.29) is 5.04 Å². The van der Waals surface area contributed by atoms with Crippen molar-refractivity contribution in [1.82, 2.24) is 0 Å². The molecule has 0 bridgehead atoms. The second-order valence-corrected chi connectivity index (χ2v) is 14.1. The van der Waals surface area contributed by atoms with Gasteiger partial charge in [0.25, 0.3) is 8.32 Å². The van der Waals surface area contributed by atoms with Crippen molar-refractivity contribution in [1.29, 1.82) is 0 Å². The maximum atomic E-state index is 7.22. The van der Waals surface area contributed by atoms with Crippen LogP contribution in [0.3, 0.4) is 0 Å². The Morgan fingerprint density at radius 2 is 1.39 bits per heavy atom. The van der Waals surface area contributed by atoms with Crippen molar-refractivity contribution in [3.63, 3.8) is 0 Å². The van der Waals surface area contributed by atoms with Gasteiger partial charge in [0.1, 0.15) is 0 Å². The molecule has 2 nitrogen and oxygen atoms in total. The van der Waals surface area contributed by atoms with Gasteiger partial charge in [-0.15, -0.1) is 0 Å². The van der Waals surface area contributed by atoms with Crippen LogP contribution in [0.4, 0.5) is 5.69 Å². The zero-order valence-corrected chi connectivity index (χ0v) is 20.3. The topological polar surface area (TPSA) is 12.5 Å². The molecule has 1 atom stereocenters. The van der Waals surface area contributed by atoms with Gasteiger partial charge in [0.15, 0.2) is 0 Å². The summed E-state index contributed by atoms with van der Waals surface area (Å²) in [4.78, 5) is 2.55. The van der Waals surface area contributed by atoms with E-state index in [1.807, 2.05) is 0 Å². The minimum atomic E-state index is -2.48. The van der Waals surface area contributed by atoms with Gasteiger partial charge >= 0.3 is 0 Å². The second kappa shape index (κ2) is 9.02. The summed E-state index contributed by atoms with van der Waals surface area (Å²) < 4.78 is 7.22. The molecule has 1 aliphatic heterocycles. The lowest BCUT2D eigenvalue weighted by atomic mass is 10.2. The van der Waals surface area contributed by atoms with Crippen LogP contribution in [0.1, 0.15) is 39.2 Å². The van der Waals surface area contributed by atoms with Crippen molar-refractivity contribution in [3.8, 4) is 0 Å². The maximum Gasteiger partial charge on any atom is 0.261 e. The number of rotatable bonds is 6. The number of hydrogen-bond donors (Lipinski definition) is 0. The van der Waals surface area contributed by atoms with Crippen molar-refractivity contribution < 1.29 is 4.43 Å². The molecule has 1 saturated heterocycles. The molecule has 0 spiro atoms. The molecule has 0 aromatic heterocycles. The fourth-order valence-corrected chi connectivity index (χ4v) is 9.67. The Labute approximate surface area is 189 Å². The molecule has 0 N–H and O–H groups in total. The Morgan fingerprint density at radius 3 is 1.90 bits per heavy atom. The lowest BCUT2D eigenvalue weighted by molar-refractivity contribution is 0.271. The van der Waals surface area contributed by atoms with Gasteiger partial charge in [0, 0.05) is 12.2 Å². The summed E-state index contributed by atoms with van der Waals surface area (Å²) in [6.45, 7) is 11.1. The molecular formula is C28H35NOSi. The third-order valence-electron chi connectivity index (χ3n) is 6.65. The van der Waals surface area contributed by atoms with Gasteiger partial charge in [-0.1, -0.05) is 99.1 Å². The van der Waals surface area contributed by atoms with E-state index < -0.39 is 8.32 Å².